The standard InChI is InChI=1S/C26H29N3O4/c1-4-32-26(31)16-9-11-29(12-10-16)20-13-19(27-14-15(2)3)21-22-23(20)28-33-25(22)18-8-6-5-7-17(18)24(21)30/h5-8,13,15-16,27H,4,9-12,14H2,1-3H3. The zero-order valence-corrected chi connectivity index (χ0v) is 19.3. The number of carbonyl (C=O) groups is 2. The summed E-state index contributed by atoms with van der Waals surface area (Å²) in [6.45, 7) is 8.70. The third-order valence-electron chi connectivity index (χ3n) is 6.53. The predicted octanol–water partition coefficient (Wildman–Crippen LogP) is 4.89. The van der Waals surface area contributed by atoms with E-state index in [0.717, 1.165) is 41.7 Å². The molecule has 0 saturated carbocycles. The van der Waals surface area contributed by atoms with E-state index < -0.39 is 0 Å². The van der Waals surface area contributed by atoms with E-state index in [0.29, 0.717) is 48.0 Å². The summed E-state index contributed by atoms with van der Waals surface area (Å²) >= 11 is 0. The smallest absolute Gasteiger partial charge is 0.309 e. The minimum absolute atomic E-state index is 0.00914. The highest BCUT2D eigenvalue weighted by Gasteiger charge is 2.35. The highest BCUT2D eigenvalue weighted by Crippen LogP contribution is 2.46. The first-order valence-electron chi connectivity index (χ1n) is 11.8. The average Bonchev–Trinajstić information content (AvgIpc) is 3.27. The van der Waals surface area contributed by atoms with E-state index in [1.54, 1.807) is 0 Å². The van der Waals surface area contributed by atoms with Crippen LogP contribution in [0.1, 0.15) is 49.5 Å². The van der Waals surface area contributed by atoms with E-state index in [9.17, 15) is 9.59 Å². The topological polar surface area (TPSA) is 84.7 Å². The van der Waals surface area contributed by atoms with Crippen molar-refractivity contribution in [3.05, 3.63) is 41.5 Å². The van der Waals surface area contributed by atoms with Gasteiger partial charge >= 0.3 is 5.97 Å². The van der Waals surface area contributed by atoms with Crippen LogP contribution in [-0.2, 0) is 9.53 Å². The maximum absolute atomic E-state index is 13.6. The van der Waals surface area contributed by atoms with Crippen LogP contribution < -0.4 is 10.2 Å². The van der Waals surface area contributed by atoms with Gasteiger partial charge in [-0.3, -0.25) is 9.59 Å². The van der Waals surface area contributed by atoms with Gasteiger partial charge in [0.1, 0.15) is 5.52 Å². The molecule has 1 aliphatic carbocycles. The molecule has 172 valence electrons. The third kappa shape index (κ3) is 3.65. The Morgan fingerprint density at radius 3 is 2.67 bits per heavy atom. The quantitative estimate of drug-likeness (QED) is 0.421. The maximum atomic E-state index is 13.6. The Kier molecular flexibility index (Phi) is 5.56. The zero-order valence-electron chi connectivity index (χ0n) is 19.3. The molecule has 2 aliphatic rings. The molecule has 0 spiro atoms. The van der Waals surface area contributed by atoms with E-state index >= 15 is 0 Å². The van der Waals surface area contributed by atoms with Gasteiger partial charge in [0.15, 0.2) is 11.5 Å². The van der Waals surface area contributed by atoms with Crippen LogP contribution in [0.4, 0.5) is 11.4 Å². The first-order valence-corrected chi connectivity index (χ1v) is 11.8. The lowest BCUT2D eigenvalue weighted by Crippen LogP contribution is -2.37. The Bertz CT molecular complexity index is 1220. The minimum atomic E-state index is -0.114. The van der Waals surface area contributed by atoms with Crippen LogP contribution in [0.2, 0.25) is 0 Å². The number of carbonyl (C=O) groups excluding carboxylic acids is 2. The molecule has 2 aromatic carbocycles. The van der Waals surface area contributed by atoms with Crippen LogP contribution in [0.5, 0.6) is 0 Å². The summed E-state index contributed by atoms with van der Waals surface area (Å²) in [6.07, 6.45) is 1.45. The molecule has 7 heteroatoms. The number of esters is 1. The van der Waals surface area contributed by atoms with Gasteiger partial charge in [-0.05, 0) is 31.7 Å². The molecule has 0 unspecified atom stereocenters. The van der Waals surface area contributed by atoms with Crippen LogP contribution in [0.15, 0.2) is 34.9 Å². The number of fused-ring (bicyclic) bond motifs is 2. The molecular formula is C26H29N3O4. The number of aromatic nitrogens is 1. The molecule has 2 heterocycles. The first kappa shape index (κ1) is 21.5. The van der Waals surface area contributed by atoms with Gasteiger partial charge in [0.25, 0.3) is 0 Å². The summed E-state index contributed by atoms with van der Waals surface area (Å²) in [5.41, 5.74) is 4.49. The number of ether oxygens (including phenoxy) is 1. The van der Waals surface area contributed by atoms with Gasteiger partial charge in [-0.1, -0.05) is 43.3 Å². The van der Waals surface area contributed by atoms with Crippen molar-refractivity contribution in [1.29, 1.82) is 0 Å². The van der Waals surface area contributed by atoms with E-state index in [-0.39, 0.29) is 17.7 Å². The van der Waals surface area contributed by atoms with Crippen LogP contribution >= 0.6 is 0 Å². The Balaban J connectivity index is 1.59. The first-order chi connectivity index (χ1) is 16.0. The number of hydrogen-bond acceptors (Lipinski definition) is 7. The fraction of sp³-hybridized carbons (Fsp3) is 0.423. The number of hydrogen-bond donors (Lipinski definition) is 1. The molecule has 1 aromatic heterocycles. The highest BCUT2D eigenvalue weighted by molar-refractivity contribution is 6.28. The molecule has 33 heavy (non-hydrogen) atoms. The summed E-state index contributed by atoms with van der Waals surface area (Å²) in [6, 6.07) is 9.57. The second kappa shape index (κ2) is 8.54. The van der Waals surface area contributed by atoms with Gasteiger partial charge in [0.2, 0.25) is 0 Å². The molecule has 3 aromatic rings. The number of nitrogens with one attached hydrogen (secondary N) is 1. The van der Waals surface area contributed by atoms with Gasteiger partial charge < -0.3 is 19.5 Å². The molecule has 0 atom stereocenters. The van der Waals surface area contributed by atoms with E-state index in [1.807, 2.05) is 37.3 Å². The third-order valence-corrected chi connectivity index (χ3v) is 6.53. The SMILES string of the molecule is CCOC(=O)C1CCN(c2cc(NCC(C)C)c3c4c(onc24)-c2ccccc2C3=O)CC1. The molecule has 7 nitrogen and oxygen atoms in total. The Morgan fingerprint density at radius 2 is 1.97 bits per heavy atom. The number of piperidine rings is 1. The number of benzene rings is 2. The maximum Gasteiger partial charge on any atom is 0.309 e. The number of rotatable bonds is 6. The van der Waals surface area contributed by atoms with Crippen molar-refractivity contribution in [3.63, 3.8) is 0 Å². The summed E-state index contributed by atoms with van der Waals surface area (Å²) in [5.74, 6) is 0.868. The number of anilines is 2. The summed E-state index contributed by atoms with van der Waals surface area (Å²) in [7, 11) is 0. The van der Waals surface area contributed by atoms with Crippen molar-refractivity contribution >= 4 is 34.0 Å². The molecular weight excluding hydrogens is 418 g/mol. The second-order valence-corrected chi connectivity index (χ2v) is 9.22. The van der Waals surface area contributed by atoms with Crippen molar-refractivity contribution in [2.45, 2.75) is 33.6 Å². The molecule has 1 N–H and O–H groups in total. The van der Waals surface area contributed by atoms with Gasteiger partial charge in [-0.15, -0.1) is 0 Å². The molecule has 1 aliphatic heterocycles. The predicted molar refractivity (Wildman–Crippen MR) is 128 cm³/mol. The Labute approximate surface area is 193 Å². The van der Waals surface area contributed by atoms with E-state index in [2.05, 4.69) is 29.2 Å². The number of ketones is 1. The molecule has 0 bridgehead atoms. The van der Waals surface area contributed by atoms with Gasteiger partial charge in [0, 0.05) is 36.4 Å². The molecule has 1 fully saturated rings. The summed E-state index contributed by atoms with van der Waals surface area (Å²) in [4.78, 5) is 28.0. The highest BCUT2D eigenvalue weighted by atomic mass is 16.5. The van der Waals surface area contributed by atoms with Gasteiger partial charge in [-0.25, -0.2) is 0 Å². The lowest BCUT2D eigenvalue weighted by Gasteiger charge is -2.33. The van der Waals surface area contributed by atoms with Crippen LogP contribution in [0.25, 0.3) is 22.2 Å². The van der Waals surface area contributed by atoms with Gasteiger partial charge in [0.05, 0.1) is 29.2 Å². The second-order valence-electron chi connectivity index (χ2n) is 9.22. The van der Waals surface area contributed by atoms with E-state index in [4.69, 9.17) is 9.26 Å². The lowest BCUT2D eigenvalue weighted by molar-refractivity contribution is -0.148. The monoisotopic (exact) mass is 447 g/mol. The molecule has 0 radical (unpaired) electrons. The van der Waals surface area contributed by atoms with Gasteiger partial charge in [-0.2, -0.15) is 0 Å². The average molecular weight is 448 g/mol. The largest absolute Gasteiger partial charge is 0.466 e. The Hall–Kier alpha value is -3.35. The van der Waals surface area contributed by atoms with Crippen molar-refractivity contribution < 1.29 is 18.8 Å². The Morgan fingerprint density at radius 1 is 1.24 bits per heavy atom. The lowest BCUT2D eigenvalue weighted by atomic mass is 9.86. The van der Waals surface area contributed by atoms with Crippen LogP contribution in [0.3, 0.4) is 0 Å². The van der Waals surface area contributed by atoms with Crippen molar-refractivity contribution in [2.24, 2.45) is 11.8 Å². The summed E-state index contributed by atoms with van der Waals surface area (Å²) < 4.78 is 11.1. The number of nitrogens with zero attached hydrogens (tertiary/aromatic N) is 2. The minimum Gasteiger partial charge on any atom is -0.466 e. The fourth-order valence-electron chi connectivity index (χ4n) is 4.85. The zero-order chi connectivity index (χ0) is 23.1. The van der Waals surface area contributed by atoms with E-state index in [1.165, 1.54) is 0 Å². The molecule has 5 rings (SSSR count). The van der Waals surface area contributed by atoms with Crippen LogP contribution in [0, 0.1) is 11.8 Å². The molecule has 1 saturated heterocycles. The normalized spacial score (nSPS) is 15.8. The summed E-state index contributed by atoms with van der Waals surface area (Å²) in [5, 5.41) is 8.70. The van der Waals surface area contributed by atoms with Crippen LogP contribution in [-0.4, -0.2) is 43.2 Å². The van der Waals surface area contributed by atoms with Crippen molar-refractivity contribution in [2.75, 3.05) is 36.5 Å². The van der Waals surface area contributed by atoms with Crippen molar-refractivity contribution in [1.82, 2.24) is 5.16 Å². The fourth-order valence-corrected chi connectivity index (χ4v) is 4.85. The van der Waals surface area contributed by atoms with Crippen molar-refractivity contribution in [3.8, 4) is 11.3 Å². The molecule has 0 amide bonds.